The number of urea groups is 1. The molecule has 31 heavy (non-hydrogen) atoms. The Morgan fingerprint density at radius 1 is 1.19 bits per heavy atom. The molecule has 1 saturated heterocycles. The van der Waals surface area contributed by atoms with Crippen molar-refractivity contribution in [2.45, 2.75) is 18.9 Å². The van der Waals surface area contributed by atoms with E-state index in [4.69, 9.17) is 9.47 Å². The van der Waals surface area contributed by atoms with E-state index in [1.54, 1.807) is 18.2 Å². The smallest absolute Gasteiger partial charge is 0.325 e. The zero-order valence-electron chi connectivity index (χ0n) is 16.4. The van der Waals surface area contributed by atoms with Crippen molar-refractivity contribution in [1.82, 2.24) is 10.2 Å². The number of nitro benzene ring substituents is 1. The molecule has 2 aromatic rings. The molecule has 0 bridgehead atoms. The molecule has 2 N–H and O–H groups in total. The Bertz CT molecular complexity index is 1090. The number of benzene rings is 2. The number of hydrogen-bond acceptors (Lipinski definition) is 7. The molecule has 0 aliphatic carbocycles. The molecular formula is C20H18N4O7. The third kappa shape index (κ3) is 3.72. The van der Waals surface area contributed by atoms with Gasteiger partial charge in [0.2, 0.25) is 12.7 Å². The lowest BCUT2D eigenvalue weighted by molar-refractivity contribution is -0.384. The maximum Gasteiger partial charge on any atom is 0.325 e. The Morgan fingerprint density at radius 2 is 1.90 bits per heavy atom. The number of carbonyl (C=O) groups excluding carboxylic acids is 3. The molecule has 11 heteroatoms. The van der Waals surface area contributed by atoms with Crippen LogP contribution in [0.4, 0.5) is 16.2 Å². The molecule has 1 atom stereocenters. The van der Waals surface area contributed by atoms with E-state index >= 15 is 0 Å². The van der Waals surface area contributed by atoms with Gasteiger partial charge in [-0.2, -0.15) is 0 Å². The van der Waals surface area contributed by atoms with E-state index in [2.05, 4.69) is 10.6 Å². The maximum absolute atomic E-state index is 12.9. The first-order valence-electron chi connectivity index (χ1n) is 9.36. The number of imide groups is 1. The zero-order chi connectivity index (χ0) is 22.2. The van der Waals surface area contributed by atoms with Crippen molar-refractivity contribution in [2.24, 2.45) is 0 Å². The number of nitro groups is 1. The number of rotatable bonds is 6. The Labute approximate surface area is 176 Å². The first-order chi connectivity index (χ1) is 14.8. The van der Waals surface area contributed by atoms with Crippen molar-refractivity contribution in [2.75, 3.05) is 18.7 Å². The van der Waals surface area contributed by atoms with Gasteiger partial charge in [-0.25, -0.2) is 4.79 Å². The lowest BCUT2D eigenvalue weighted by atomic mass is 9.92. The van der Waals surface area contributed by atoms with Crippen LogP contribution in [0.3, 0.4) is 0 Å². The summed E-state index contributed by atoms with van der Waals surface area (Å²) in [6.45, 7) is 1.51. The van der Waals surface area contributed by atoms with Gasteiger partial charge in [0.25, 0.3) is 11.6 Å². The van der Waals surface area contributed by atoms with Gasteiger partial charge in [0, 0.05) is 36.9 Å². The van der Waals surface area contributed by atoms with Gasteiger partial charge >= 0.3 is 6.03 Å². The average Bonchev–Trinajstić information content (AvgIpc) is 3.29. The molecule has 1 unspecified atom stereocenters. The van der Waals surface area contributed by atoms with Crippen LogP contribution in [0.15, 0.2) is 42.5 Å². The normalized spacial score (nSPS) is 19.3. The minimum atomic E-state index is -1.37. The van der Waals surface area contributed by atoms with Gasteiger partial charge in [-0.3, -0.25) is 24.6 Å². The van der Waals surface area contributed by atoms with Crippen LogP contribution in [0.5, 0.6) is 11.5 Å². The van der Waals surface area contributed by atoms with Gasteiger partial charge in [-0.15, -0.1) is 0 Å². The van der Waals surface area contributed by atoms with Gasteiger partial charge in [0.05, 0.1) is 4.92 Å². The quantitative estimate of drug-likeness (QED) is 0.409. The van der Waals surface area contributed by atoms with Crippen LogP contribution in [0.1, 0.15) is 18.9 Å². The lowest BCUT2D eigenvalue weighted by Gasteiger charge is -2.22. The number of nitrogens with one attached hydrogen (secondary N) is 2. The second-order valence-corrected chi connectivity index (χ2v) is 7.18. The Kier molecular flexibility index (Phi) is 4.93. The number of fused-ring (bicyclic) bond motifs is 1. The molecule has 0 radical (unpaired) electrons. The Hall–Kier alpha value is -4.15. The Balaban J connectivity index is 1.39. The predicted octanol–water partition coefficient (Wildman–Crippen LogP) is 2.12. The van der Waals surface area contributed by atoms with Crippen LogP contribution in [0, 0.1) is 10.1 Å². The summed E-state index contributed by atoms with van der Waals surface area (Å²) in [4.78, 5) is 48.8. The monoisotopic (exact) mass is 426 g/mol. The number of carbonyl (C=O) groups is 3. The fraction of sp³-hybridized carbons (Fsp3) is 0.250. The first kappa shape index (κ1) is 20.1. The summed E-state index contributed by atoms with van der Waals surface area (Å²) in [6, 6.07) is 9.69. The minimum Gasteiger partial charge on any atom is -0.454 e. The van der Waals surface area contributed by atoms with Crippen LogP contribution in [0.2, 0.25) is 0 Å². The summed E-state index contributed by atoms with van der Waals surface area (Å²) in [5, 5.41) is 16.1. The van der Waals surface area contributed by atoms with Crippen molar-refractivity contribution < 1.29 is 28.8 Å². The fourth-order valence-electron chi connectivity index (χ4n) is 3.42. The highest BCUT2D eigenvalue weighted by Gasteiger charge is 2.48. The fourth-order valence-corrected chi connectivity index (χ4v) is 3.42. The van der Waals surface area contributed by atoms with E-state index in [0.717, 1.165) is 4.90 Å². The molecule has 11 nitrogen and oxygen atoms in total. The highest BCUT2D eigenvalue weighted by Crippen LogP contribution is 2.34. The number of ether oxygens (including phenoxy) is 2. The standard InChI is InChI=1S/C20H18N4O7/c1-20(12-2-5-14(6-3-12)24(28)29)18(26)23(19(27)22-20)9-8-17(25)21-13-4-7-15-16(10-13)31-11-30-15/h2-7,10H,8-9,11H2,1H3,(H,21,25)(H,22,27). The van der Waals surface area contributed by atoms with Gasteiger partial charge in [-0.05, 0) is 36.8 Å². The van der Waals surface area contributed by atoms with Gasteiger partial charge in [-0.1, -0.05) is 0 Å². The highest BCUT2D eigenvalue weighted by atomic mass is 16.7. The van der Waals surface area contributed by atoms with Crippen molar-refractivity contribution in [3.05, 3.63) is 58.1 Å². The van der Waals surface area contributed by atoms with Crippen molar-refractivity contribution in [3.8, 4) is 11.5 Å². The molecule has 2 heterocycles. The molecule has 2 aliphatic heterocycles. The van der Waals surface area contributed by atoms with Crippen molar-refractivity contribution >= 4 is 29.2 Å². The summed E-state index contributed by atoms with van der Waals surface area (Å²) < 4.78 is 10.5. The van der Waals surface area contributed by atoms with E-state index in [1.165, 1.54) is 31.2 Å². The van der Waals surface area contributed by atoms with Crippen LogP contribution >= 0.6 is 0 Å². The Morgan fingerprint density at radius 3 is 2.61 bits per heavy atom. The molecule has 4 rings (SSSR count). The molecule has 4 amide bonds. The number of nitrogens with zero attached hydrogens (tertiary/aromatic N) is 2. The first-order valence-corrected chi connectivity index (χ1v) is 9.36. The molecule has 2 aromatic carbocycles. The molecule has 0 aromatic heterocycles. The van der Waals surface area contributed by atoms with E-state index in [-0.39, 0.29) is 31.4 Å². The summed E-state index contributed by atoms with van der Waals surface area (Å²) in [5.41, 5.74) is -0.591. The molecular weight excluding hydrogens is 408 g/mol. The summed E-state index contributed by atoms with van der Waals surface area (Å²) in [6.07, 6.45) is -0.107. The van der Waals surface area contributed by atoms with Crippen molar-refractivity contribution in [3.63, 3.8) is 0 Å². The number of hydrogen-bond donors (Lipinski definition) is 2. The lowest BCUT2D eigenvalue weighted by Crippen LogP contribution is -2.41. The molecule has 1 fully saturated rings. The van der Waals surface area contributed by atoms with E-state index < -0.39 is 22.4 Å². The molecule has 160 valence electrons. The maximum atomic E-state index is 12.9. The summed E-state index contributed by atoms with van der Waals surface area (Å²) in [7, 11) is 0. The van der Waals surface area contributed by atoms with Gasteiger partial charge in [0.1, 0.15) is 5.54 Å². The number of anilines is 1. The predicted molar refractivity (Wildman–Crippen MR) is 107 cm³/mol. The summed E-state index contributed by atoms with van der Waals surface area (Å²) in [5.74, 6) is 0.180. The van der Waals surface area contributed by atoms with Gasteiger partial charge in [0.15, 0.2) is 11.5 Å². The molecule has 0 spiro atoms. The van der Waals surface area contributed by atoms with E-state index in [0.29, 0.717) is 22.7 Å². The topological polar surface area (TPSA) is 140 Å². The zero-order valence-corrected chi connectivity index (χ0v) is 16.4. The van der Waals surface area contributed by atoms with Crippen LogP contribution < -0.4 is 20.1 Å². The SMILES string of the molecule is CC1(c2ccc([N+](=O)[O-])cc2)NC(=O)N(CCC(=O)Nc2ccc3c(c2)OCO3)C1=O. The van der Waals surface area contributed by atoms with Gasteiger partial charge < -0.3 is 20.1 Å². The third-order valence-electron chi connectivity index (χ3n) is 5.15. The second-order valence-electron chi connectivity index (χ2n) is 7.18. The largest absolute Gasteiger partial charge is 0.454 e. The van der Waals surface area contributed by atoms with Crippen molar-refractivity contribution in [1.29, 1.82) is 0 Å². The second kappa shape index (κ2) is 7.59. The summed E-state index contributed by atoms with van der Waals surface area (Å²) >= 11 is 0. The third-order valence-corrected chi connectivity index (χ3v) is 5.15. The van der Waals surface area contributed by atoms with E-state index in [9.17, 15) is 24.5 Å². The molecule has 0 saturated carbocycles. The average molecular weight is 426 g/mol. The highest BCUT2D eigenvalue weighted by molar-refractivity contribution is 6.07. The van der Waals surface area contributed by atoms with Crippen LogP contribution in [0.25, 0.3) is 0 Å². The molecule has 2 aliphatic rings. The van der Waals surface area contributed by atoms with E-state index in [1.807, 2.05) is 0 Å². The minimum absolute atomic E-state index is 0.107. The number of amides is 4. The van der Waals surface area contributed by atoms with Crippen LogP contribution in [-0.2, 0) is 15.1 Å². The van der Waals surface area contributed by atoms with Crippen LogP contribution in [-0.4, -0.2) is 41.0 Å². The number of non-ortho nitro benzene ring substituents is 1.